The van der Waals surface area contributed by atoms with E-state index >= 15 is 0 Å². The zero-order chi connectivity index (χ0) is 22.9. The van der Waals surface area contributed by atoms with Crippen LogP contribution in [0.1, 0.15) is 68.6 Å². The van der Waals surface area contributed by atoms with E-state index in [1.165, 1.54) is 4.52 Å². The van der Waals surface area contributed by atoms with Gasteiger partial charge in [-0.15, -0.1) is 0 Å². The number of nitrogens with zero attached hydrogens (tertiary/aromatic N) is 5. The minimum Gasteiger partial charge on any atom is -0.334 e. The van der Waals surface area contributed by atoms with Crippen LogP contribution >= 0.6 is 0 Å². The number of hydrogen-bond donors (Lipinski definition) is 1. The van der Waals surface area contributed by atoms with Crippen molar-refractivity contribution >= 4 is 11.6 Å². The average Bonchev–Trinajstić information content (AvgIpc) is 3.47. The molecule has 2 fully saturated rings. The highest BCUT2D eigenvalue weighted by Crippen LogP contribution is 2.32. The van der Waals surface area contributed by atoms with Crippen molar-refractivity contribution in [3.05, 3.63) is 64.0 Å². The van der Waals surface area contributed by atoms with E-state index in [0.29, 0.717) is 24.2 Å². The Morgan fingerprint density at radius 3 is 2.70 bits per heavy atom. The van der Waals surface area contributed by atoms with Crippen molar-refractivity contribution in [1.82, 2.24) is 29.4 Å². The molecule has 2 aliphatic rings. The summed E-state index contributed by atoms with van der Waals surface area (Å²) in [7, 11) is 0. The first kappa shape index (κ1) is 21.8. The lowest BCUT2D eigenvalue weighted by molar-refractivity contribution is -0.131. The minimum atomic E-state index is -0.0862. The van der Waals surface area contributed by atoms with Crippen LogP contribution < -0.4 is 5.56 Å². The number of hydrogen-bond acceptors (Lipinski definition) is 5. The van der Waals surface area contributed by atoms with Gasteiger partial charge in [0.25, 0.3) is 5.56 Å². The Bertz CT molecular complexity index is 1180. The molecule has 33 heavy (non-hydrogen) atoms. The maximum Gasteiger partial charge on any atom is 0.272 e. The number of aromatic amines is 1. The molecule has 3 aromatic rings. The fraction of sp³-hybridized carbons (Fsp3) is 0.520. The van der Waals surface area contributed by atoms with Gasteiger partial charge in [-0.3, -0.25) is 19.7 Å². The first-order valence-electron chi connectivity index (χ1n) is 12.1. The summed E-state index contributed by atoms with van der Waals surface area (Å²) >= 11 is 0. The van der Waals surface area contributed by atoms with E-state index in [1.807, 2.05) is 29.2 Å². The van der Waals surface area contributed by atoms with Crippen molar-refractivity contribution < 1.29 is 4.79 Å². The van der Waals surface area contributed by atoms with Crippen LogP contribution in [0.3, 0.4) is 0 Å². The van der Waals surface area contributed by atoms with Crippen molar-refractivity contribution in [2.24, 2.45) is 0 Å². The summed E-state index contributed by atoms with van der Waals surface area (Å²) in [5, 5.41) is 3.23. The van der Waals surface area contributed by atoms with Gasteiger partial charge in [0, 0.05) is 42.5 Å². The van der Waals surface area contributed by atoms with Crippen LogP contribution in [0.15, 0.2) is 41.3 Å². The number of carbonyl (C=O) groups excluding carboxylic acids is 1. The number of aromatic nitrogens is 4. The van der Waals surface area contributed by atoms with E-state index in [-0.39, 0.29) is 23.9 Å². The van der Waals surface area contributed by atoms with Gasteiger partial charge in [-0.2, -0.15) is 0 Å². The Balaban J connectivity index is 1.36. The molecule has 1 N–H and O–H groups in total. The fourth-order valence-electron chi connectivity index (χ4n) is 5.27. The highest BCUT2D eigenvalue weighted by Gasteiger charge is 2.32. The summed E-state index contributed by atoms with van der Waals surface area (Å²) in [4.78, 5) is 39.4. The second-order valence-electron chi connectivity index (χ2n) is 9.57. The smallest absolute Gasteiger partial charge is 0.272 e. The predicted molar refractivity (Wildman–Crippen MR) is 126 cm³/mol. The maximum absolute atomic E-state index is 13.0. The third kappa shape index (κ3) is 4.44. The van der Waals surface area contributed by atoms with Crippen LogP contribution in [0.2, 0.25) is 0 Å². The van der Waals surface area contributed by atoms with E-state index < -0.39 is 0 Å². The van der Waals surface area contributed by atoms with E-state index in [9.17, 15) is 9.59 Å². The van der Waals surface area contributed by atoms with Crippen molar-refractivity contribution in [3.8, 4) is 0 Å². The van der Waals surface area contributed by atoms with Gasteiger partial charge in [0.05, 0.1) is 23.9 Å². The molecule has 1 amide bonds. The molecule has 3 aromatic heterocycles. The number of likely N-dealkylation sites (tertiary alicyclic amines) is 2. The Hall–Kier alpha value is -3.00. The Labute approximate surface area is 193 Å². The van der Waals surface area contributed by atoms with E-state index in [4.69, 9.17) is 4.98 Å². The lowest BCUT2D eigenvalue weighted by atomic mass is 9.92. The largest absolute Gasteiger partial charge is 0.334 e. The Kier molecular flexibility index (Phi) is 6.01. The summed E-state index contributed by atoms with van der Waals surface area (Å²) in [6, 6.07) is 9.74. The number of pyridine rings is 1. The number of rotatable bonds is 5. The van der Waals surface area contributed by atoms with Crippen molar-refractivity contribution in [1.29, 1.82) is 0 Å². The summed E-state index contributed by atoms with van der Waals surface area (Å²) in [5.41, 5.74) is 3.09. The normalized spacial score (nSPS) is 20.2. The predicted octanol–water partition coefficient (Wildman–Crippen LogP) is 2.91. The molecule has 2 saturated heterocycles. The molecule has 0 spiro atoms. The van der Waals surface area contributed by atoms with Gasteiger partial charge >= 0.3 is 0 Å². The molecular formula is C25H32N6O2. The molecule has 0 radical (unpaired) electrons. The van der Waals surface area contributed by atoms with Gasteiger partial charge < -0.3 is 9.80 Å². The molecule has 0 aromatic carbocycles. The molecule has 2 aliphatic heterocycles. The number of H-pyrrole nitrogens is 1. The third-order valence-electron chi connectivity index (χ3n) is 7.16. The lowest BCUT2D eigenvalue weighted by Crippen LogP contribution is -2.38. The van der Waals surface area contributed by atoms with Crippen molar-refractivity contribution in [3.63, 3.8) is 0 Å². The van der Waals surface area contributed by atoms with Crippen LogP contribution in [0.5, 0.6) is 0 Å². The van der Waals surface area contributed by atoms with Gasteiger partial charge in [-0.25, -0.2) is 9.50 Å². The average molecular weight is 449 g/mol. The van der Waals surface area contributed by atoms with Gasteiger partial charge in [-0.1, -0.05) is 6.07 Å². The molecule has 0 unspecified atom stereocenters. The molecule has 8 heteroatoms. The quantitative estimate of drug-likeness (QED) is 0.649. The number of piperidine rings is 1. The van der Waals surface area contributed by atoms with E-state index in [2.05, 4.69) is 28.8 Å². The monoisotopic (exact) mass is 448 g/mol. The van der Waals surface area contributed by atoms with Crippen LogP contribution in [0.4, 0.5) is 0 Å². The fourth-order valence-corrected chi connectivity index (χ4v) is 5.27. The zero-order valence-electron chi connectivity index (χ0n) is 19.4. The second-order valence-corrected chi connectivity index (χ2v) is 9.57. The first-order chi connectivity index (χ1) is 16.0. The first-order valence-corrected chi connectivity index (χ1v) is 12.1. The molecular weight excluding hydrogens is 416 g/mol. The lowest BCUT2D eigenvalue weighted by Gasteiger charge is -2.34. The van der Waals surface area contributed by atoms with Crippen LogP contribution in [0, 0.1) is 0 Å². The molecule has 5 rings (SSSR count). The maximum atomic E-state index is 13.0. The minimum absolute atomic E-state index is 0.0627. The van der Waals surface area contributed by atoms with Crippen molar-refractivity contribution in [2.45, 2.75) is 64.0 Å². The summed E-state index contributed by atoms with van der Waals surface area (Å²) in [6.45, 7) is 7.25. The van der Waals surface area contributed by atoms with Gasteiger partial charge in [0.1, 0.15) is 0 Å². The zero-order valence-corrected chi connectivity index (χ0v) is 19.4. The standard InChI is InChI=1S/C25H32N6O2/c1-17(2)29-12-8-18(9-13-29)20-16-25(33)31-23(27-20)15-21(28-31)22-7-5-11-30(22)24(32)14-19-6-3-4-10-26-19/h3-4,6,10,15-18,22,28H,5,7-9,11-14H2,1-2H3/t22-/m1/s1. The van der Waals surface area contributed by atoms with Crippen LogP contribution in [0.25, 0.3) is 5.65 Å². The summed E-state index contributed by atoms with van der Waals surface area (Å²) < 4.78 is 1.52. The number of carbonyl (C=O) groups is 1. The second kappa shape index (κ2) is 9.09. The van der Waals surface area contributed by atoms with Crippen LogP contribution in [-0.4, -0.2) is 61.0 Å². The van der Waals surface area contributed by atoms with Gasteiger partial charge in [0.2, 0.25) is 5.91 Å². The summed E-state index contributed by atoms with van der Waals surface area (Å²) in [6.07, 6.45) is 5.86. The highest BCUT2D eigenvalue weighted by molar-refractivity contribution is 5.79. The Morgan fingerprint density at radius 2 is 1.97 bits per heavy atom. The molecule has 174 valence electrons. The van der Waals surface area contributed by atoms with Gasteiger partial charge in [-0.05, 0) is 64.8 Å². The third-order valence-corrected chi connectivity index (χ3v) is 7.16. The Morgan fingerprint density at radius 1 is 1.15 bits per heavy atom. The summed E-state index contributed by atoms with van der Waals surface area (Å²) in [5.74, 6) is 0.381. The van der Waals surface area contributed by atoms with Crippen LogP contribution in [-0.2, 0) is 11.2 Å². The number of amides is 1. The number of nitrogens with one attached hydrogen (secondary N) is 1. The molecule has 1 atom stereocenters. The SMILES string of the molecule is CC(C)N1CCC(c2cc(=O)n3[nH]c([C@H]4CCCN4C(=O)Cc4ccccn4)cc3n2)CC1. The topological polar surface area (TPSA) is 86.6 Å². The van der Waals surface area contributed by atoms with Crippen molar-refractivity contribution in [2.75, 3.05) is 19.6 Å². The highest BCUT2D eigenvalue weighted by atomic mass is 16.2. The van der Waals surface area contributed by atoms with E-state index in [1.54, 1.807) is 12.3 Å². The molecule has 0 saturated carbocycles. The molecule has 5 heterocycles. The van der Waals surface area contributed by atoms with E-state index in [0.717, 1.165) is 55.9 Å². The molecule has 0 bridgehead atoms. The number of fused-ring (bicyclic) bond motifs is 1. The van der Waals surface area contributed by atoms with Gasteiger partial charge in [0.15, 0.2) is 5.65 Å². The molecule has 8 nitrogen and oxygen atoms in total. The molecule has 0 aliphatic carbocycles.